The minimum Gasteiger partial charge on any atom is -0.445 e. The number of ether oxygens (including phenoxy) is 1. The molecule has 28 heavy (non-hydrogen) atoms. The van der Waals surface area contributed by atoms with E-state index < -0.39 is 12.1 Å². The zero-order chi connectivity index (χ0) is 19.8. The van der Waals surface area contributed by atoms with E-state index in [1.165, 1.54) is 17.8 Å². The molecule has 1 aromatic heterocycles. The standard InChI is InChI=1S/C19H24N4O3S2/c24-16(21-17-22-23-19(27)28-17)15(11-13-7-3-1-4-8-13)20-18(25)26-12-14-9-5-2-6-10-14/h2,5-6,9-10,13,15H,1,3-4,7-8,11-12H2,(H,20,25)(H,23,27)(H,21,22,24)/t15-/m0/s1. The van der Waals surface area contributed by atoms with Gasteiger partial charge in [0.15, 0.2) is 3.95 Å². The fourth-order valence-electron chi connectivity index (χ4n) is 3.37. The van der Waals surface area contributed by atoms with Crippen LogP contribution >= 0.6 is 23.6 Å². The second-order valence-electron chi connectivity index (χ2n) is 6.91. The molecule has 0 saturated heterocycles. The van der Waals surface area contributed by atoms with Crippen LogP contribution in [0, 0.1) is 9.87 Å². The highest BCUT2D eigenvalue weighted by atomic mass is 32.1. The Morgan fingerprint density at radius 1 is 1.25 bits per heavy atom. The maximum atomic E-state index is 12.7. The normalized spacial score (nSPS) is 15.6. The lowest BCUT2D eigenvalue weighted by atomic mass is 9.84. The molecule has 1 atom stereocenters. The molecular weight excluding hydrogens is 396 g/mol. The molecule has 1 heterocycles. The molecule has 0 unspecified atom stereocenters. The molecule has 0 spiro atoms. The molecule has 9 heteroatoms. The van der Waals surface area contributed by atoms with Gasteiger partial charge in [0.1, 0.15) is 12.6 Å². The van der Waals surface area contributed by atoms with Gasteiger partial charge in [-0.2, -0.15) is 0 Å². The predicted octanol–water partition coefficient (Wildman–Crippen LogP) is 4.40. The third-order valence-electron chi connectivity index (χ3n) is 4.78. The quantitative estimate of drug-likeness (QED) is 0.577. The lowest BCUT2D eigenvalue weighted by Gasteiger charge is -2.26. The van der Waals surface area contributed by atoms with Crippen LogP contribution in [0.15, 0.2) is 30.3 Å². The van der Waals surface area contributed by atoms with Crippen LogP contribution in [0.1, 0.15) is 44.1 Å². The minimum absolute atomic E-state index is 0.158. The fraction of sp³-hybridized carbons (Fsp3) is 0.474. The molecule has 1 fully saturated rings. The van der Waals surface area contributed by atoms with Gasteiger partial charge in [-0.1, -0.05) is 73.8 Å². The lowest BCUT2D eigenvalue weighted by Crippen LogP contribution is -2.45. The van der Waals surface area contributed by atoms with Crippen LogP contribution in [0.4, 0.5) is 9.93 Å². The summed E-state index contributed by atoms with van der Waals surface area (Å²) in [5.41, 5.74) is 0.891. The number of carbonyl (C=O) groups is 2. The van der Waals surface area contributed by atoms with Crippen molar-refractivity contribution < 1.29 is 14.3 Å². The van der Waals surface area contributed by atoms with Crippen LogP contribution in [-0.2, 0) is 16.1 Å². The van der Waals surface area contributed by atoms with Crippen LogP contribution < -0.4 is 10.6 Å². The van der Waals surface area contributed by atoms with Crippen LogP contribution in [0.5, 0.6) is 0 Å². The van der Waals surface area contributed by atoms with E-state index in [4.69, 9.17) is 17.0 Å². The van der Waals surface area contributed by atoms with Gasteiger partial charge in [-0.25, -0.2) is 4.79 Å². The summed E-state index contributed by atoms with van der Waals surface area (Å²) in [7, 11) is 0. The largest absolute Gasteiger partial charge is 0.445 e. The molecule has 3 rings (SSSR count). The van der Waals surface area contributed by atoms with Gasteiger partial charge in [0, 0.05) is 0 Å². The van der Waals surface area contributed by atoms with E-state index in [0.717, 1.165) is 31.2 Å². The highest BCUT2D eigenvalue weighted by Crippen LogP contribution is 2.27. The monoisotopic (exact) mass is 420 g/mol. The van der Waals surface area contributed by atoms with Gasteiger partial charge in [0.05, 0.1) is 0 Å². The molecule has 2 aromatic rings. The molecule has 1 aliphatic rings. The van der Waals surface area contributed by atoms with Gasteiger partial charge in [-0.15, -0.1) is 5.10 Å². The van der Waals surface area contributed by atoms with Crippen molar-refractivity contribution in [2.24, 2.45) is 5.92 Å². The average Bonchev–Trinajstić information content (AvgIpc) is 3.12. The molecule has 3 N–H and O–H groups in total. The van der Waals surface area contributed by atoms with Crippen molar-refractivity contribution in [2.75, 3.05) is 5.32 Å². The van der Waals surface area contributed by atoms with Crippen molar-refractivity contribution in [1.82, 2.24) is 15.5 Å². The Balaban J connectivity index is 1.59. The first-order valence-electron chi connectivity index (χ1n) is 9.44. The Morgan fingerprint density at radius 3 is 2.68 bits per heavy atom. The number of anilines is 1. The summed E-state index contributed by atoms with van der Waals surface area (Å²) >= 11 is 6.17. The molecule has 1 saturated carbocycles. The number of amides is 2. The Hall–Kier alpha value is -2.26. The zero-order valence-corrected chi connectivity index (χ0v) is 17.1. The first-order valence-corrected chi connectivity index (χ1v) is 10.7. The van der Waals surface area contributed by atoms with E-state index in [2.05, 4.69) is 20.8 Å². The maximum absolute atomic E-state index is 12.7. The third kappa shape index (κ3) is 6.42. The van der Waals surface area contributed by atoms with Crippen LogP contribution in [0.25, 0.3) is 0 Å². The molecule has 150 valence electrons. The number of alkyl carbamates (subject to hydrolysis) is 1. The van der Waals surface area contributed by atoms with Crippen molar-refractivity contribution in [2.45, 2.75) is 51.2 Å². The summed E-state index contributed by atoms with van der Waals surface area (Å²) in [6.45, 7) is 0.158. The van der Waals surface area contributed by atoms with Crippen molar-refractivity contribution in [3.8, 4) is 0 Å². The molecule has 2 amide bonds. The number of carbonyl (C=O) groups excluding carboxylic acids is 2. The summed E-state index contributed by atoms with van der Waals surface area (Å²) in [4.78, 5) is 25.0. The number of aromatic amines is 1. The summed E-state index contributed by atoms with van der Waals surface area (Å²) < 4.78 is 5.77. The van der Waals surface area contributed by atoms with Gasteiger partial charge < -0.3 is 10.1 Å². The fourth-order valence-corrected chi connectivity index (χ4v) is 4.16. The lowest BCUT2D eigenvalue weighted by molar-refractivity contribution is -0.118. The second kappa shape index (κ2) is 10.3. The van der Waals surface area contributed by atoms with E-state index >= 15 is 0 Å². The highest BCUT2D eigenvalue weighted by molar-refractivity contribution is 7.73. The van der Waals surface area contributed by atoms with Crippen LogP contribution in [0.3, 0.4) is 0 Å². The van der Waals surface area contributed by atoms with Gasteiger partial charge in [-0.05, 0) is 30.1 Å². The topological polar surface area (TPSA) is 96.1 Å². The van der Waals surface area contributed by atoms with Crippen molar-refractivity contribution in [3.63, 3.8) is 0 Å². The molecule has 1 aromatic carbocycles. The number of nitrogens with one attached hydrogen (secondary N) is 3. The average molecular weight is 421 g/mol. The maximum Gasteiger partial charge on any atom is 0.408 e. The predicted molar refractivity (Wildman–Crippen MR) is 111 cm³/mol. The van der Waals surface area contributed by atoms with Crippen LogP contribution in [-0.4, -0.2) is 28.2 Å². The first kappa shape index (κ1) is 20.5. The smallest absolute Gasteiger partial charge is 0.408 e. The number of nitrogens with zero attached hydrogens (tertiary/aromatic N) is 1. The molecule has 0 bridgehead atoms. The third-order valence-corrected chi connectivity index (χ3v) is 5.79. The van der Waals surface area contributed by atoms with E-state index in [-0.39, 0.29) is 12.5 Å². The minimum atomic E-state index is -0.677. The number of rotatable bonds is 7. The van der Waals surface area contributed by atoms with Gasteiger partial charge in [0.25, 0.3) is 0 Å². The highest BCUT2D eigenvalue weighted by Gasteiger charge is 2.27. The Bertz CT molecular complexity index is 831. The summed E-state index contributed by atoms with van der Waals surface area (Å²) in [6.07, 6.45) is 5.70. The van der Waals surface area contributed by atoms with Crippen LogP contribution in [0.2, 0.25) is 0 Å². The van der Waals surface area contributed by atoms with Crippen molar-refractivity contribution >= 4 is 40.7 Å². The van der Waals surface area contributed by atoms with Gasteiger partial charge >= 0.3 is 6.09 Å². The molecule has 1 aliphatic carbocycles. The Morgan fingerprint density at radius 2 is 2.00 bits per heavy atom. The number of benzene rings is 1. The van der Waals surface area contributed by atoms with Gasteiger partial charge in [-0.3, -0.25) is 15.2 Å². The van der Waals surface area contributed by atoms with E-state index in [1.54, 1.807) is 0 Å². The zero-order valence-electron chi connectivity index (χ0n) is 15.5. The molecule has 0 aliphatic heterocycles. The van der Waals surface area contributed by atoms with E-state index in [1.807, 2.05) is 30.3 Å². The Kier molecular flexibility index (Phi) is 7.55. The number of hydrogen-bond acceptors (Lipinski definition) is 6. The number of hydrogen-bond donors (Lipinski definition) is 3. The molecular formula is C19H24N4O3S2. The number of aromatic nitrogens is 2. The van der Waals surface area contributed by atoms with Gasteiger partial charge in [0.2, 0.25) is 11.0 Å². The summed E-state index contributed by atoms with van der Waals surface area (Å²) in [5.74, 6) is 0.108. The van der Waals surface area contributed by atoms with Crippen molar-refractivity contribution in [3.05, 3.63) is 39.8 Å². The summed E-state index contributed by atoms with van der Waals surface area (Å²) in [6, 6.07) is 8.75. The van der Waals surface area contributed by atoms with Crippen molar-refractivity contribution in [1.29, 1.82) is 0 Å². The SMILES string of the molecule is O=C(N[C@@H](CC1CCCCC1)C(=O)Nc1n[nH]c(=S)s1)OCc1ccccc1. The molecule has 7 nitrogen and oxygen atoms in total. The molecule has 0 radical (unpaired) electrons. The summed E-state index contributed by atoms with van der Waals surface area (Å²) in [5, 5.41) is 12.4. The second-order valence-corrected chi connectivity index (χ2v) is 8.57. The Labute approximate surface area is 172 Å². The van der Waals surface area contributed by atoms with E-state index in [0.29, 0.717) is 21.4 Å². The van der Waals surface area contributed by atoms with E-state index in [9.17, 15) is 9.59 Å². The first-order chi connectivity index (χ1) is 13.6. The number of H-pyrrole nitrogens is 1.